The number of carbonyl (C=O) groups is 1. The zero-order valence-corrected chi connectivity index (χ0v) is 10.4. The molecule has 0 aliphatic carbocycles. The number of esters is 1. The predicted octanol–water partition coefficient (Wildman–Crippen LogP) is -0.387. The Kier molecular flexibility index (Phi) is 3.55. The van der Waals surface area contributed by atoms with Gasteiger partial charge in [-0.25, -0.2) is 9.78 Å². The lowest BCUT2D eigenvalue weighted by molar-refractivity contribution is -0.141. The van der Waals surface area contributed by atoms with Crippen molar-refractivity contribution in [3.05, 3.63) is 18.7 Å². The van der Waals surface area contributed by atoms with Crippen LogP contribution in [0.4, 0.5) is 11.9 Å². The van der Waals surface area contributed by atoms with Crippen LogP contribution in [0.25, 0.3) is 5.95 Å². The minimum Gasteiger partial charge on any atom is -0.467 e. The maximum Gasteiger partial charge on any atom is 0.328 e. The third-order valence-electron chi connectivity index (χ3n) is 2.28. The molecular weight excluding hydrogens is 250 g/mol. The van der Waals surface area contributed by atoms with E-state index in [1.54, 1.807) is 23.9 Å². The molecule has 100 valence electrons. The highest BCUT2D eigenvalue weighted by atomic mass is 16.5. The molecule has 1 unspecified atom stereocenters. The number of hydrogen-bond acceptors (Lipinski definition) is 8. The number of ether oxygens (including phenoxy) is 1. The number of nitrogens with zero attached hydrogens (tertiary/aromatic N) is 5. The molecule has 0 saturated carbocycles. The fourth-order valence-electron chi connectivity index (χ4n) is 1.37. The van der Waals surface area contributed by atoms with Gasteiger partial charge < -0.3 is 15.8 Å². The van der Waals surface area contributed by atoms with Crippen molar-refractivity contribution in [2.24, 2.45) is 0 Å². The van der Waals surface area contributed by atoms with Crippen molar-refractivity contribution in [2.45, 2.75) is 13.0 Å². The average Bonchev–Trinajstić information content (AvgIpc) is 2.90. The number of rotatable bonds is 4. The van der Waals surface area contributed by atoms with Gasteiger partial charge in [0.15, 0.2) is 0 Å². The van der Waals surface area contributed by atoms with E-state index in [9.17, 15) is 4.79 Å². The third-order valence-corrected chi connectivity index (χ3v) is 2.28. The van der Waals surface area contributed by atoms with Crippen LogP contribution in [-0.2, 0) is 9.53 Å². The van der Waals surface area contributed by atoms with Gasteiger partial charge in [-0.3, -0.25) is 4.57 Å². The van der Waals surface area contributed by atoms with Crippen LogP contribution in [0.3, 0.4) is 0 Å². The molecule has 2 heterocycles. The summed E-state index contributed by atoms with van der Waals surface area (Å²) in [6.45, 7) is 1.63. The number of nitrogens with two attached hydrogens (primary N) is 1. The lowest BCUT2D eigenvalue weighted by Gasteiger charge is -2.12. The van der Waals surface area contributed by atoms with Gasteiger partial charge in [0.2, 0.25) is 17.8 Å². The van der Waals surface area contributed by atoms with Crippen molar-refractivity contribution in [3.63, 3.8) is 0 Å². The summed E-state index contributed by atoms with van der Waals surface area (Å²) in [6, 6.07) is -0.595. The van der Waals surface area contributed by atoms with Crippen LogP contribution >= 0.6 is 0 Å². The van der Waals surface area contributed by atoms with Gasteiger partial charge in [0.05, 0.1) is 7.11 Å². The molecule has 3 N–H and O–H groups in total. The highest BCUT2D eigenvalue weighted by Gasteiger charge is 2.15. The average molecular weight is 263 g/mol. The lowest BCUT2D eigenvalue weighted by atomic mass is 10.3. The second-order valence-electron chi connectivity index (χ2n) is 3.68. The van der Waals surface area contributed by atoms with Crippen molar-refractivity contribution in [1.82, 2.24) is 24.5 Å². The number of carbonyl (C=O) groups excluding carboxylic acids is 1. The van der Waals surface area contributed by atoms with Crippen LogP contribution in [0.15, 0.2) is 18.7 Å². The highest BCUT2D eigenvalue weighted by molar-refractivity contribution is 5.77. The summed E-state index contributed by atoms with van der Waals surface area (Å²) in [4.78, 5) is 27.2. The molecule has 19 heavy (non-hydrogen) atoms. The number of anilines is 2. The van der Waals surface area contributed by atoms with Crippen molar-refractivity contribution in [2.75, 3.05) is 18.2 Å². The maximum absolute atomic E-state index is 11.3. The minimum absolute atomic E-state index is 0.0401. The molecule has 2 rings (SSSR count). The first-order chi connectivity index (χ1) is 9.10. The summed E-state index contributed by atoms with van der Waals surface area (Å²) in [5.41, 5.74) is 5.60. The molecule has 0 amide bonds. The molecule has 0 radical (unpaired) electrons. The molecule has 0 aliphatic rings. The van der Waals surface area contributed by atoms with Crippen LogP contribution in [0, 0.1) is 0 Å². The fraction of sp³-hybridized carbons (Fsp3) is 0.300. The molecule has 1 atom stereocenters. The lowest BCUT2D eigenvalue weighted by Crippen LogP contribution is -2.28. The molecule has 0 spiro atoms. The van der Waals surface area contributed by atoms with Crippen LogP contribution in [-0.4, -0.2) is 43.6 Å². The monoisotopic (exact) mass is 263 g/mol. The predicted molar refractivity (Wildman–Crippen MR) is 66.5 cm³/mol. The summed E-state index contributed by atoms with van der Waals surface area (Å²) in [5, 5.41) is 2.79. The first kappa shape index (κ1) is 12.7. The van der Waals surface area contributed by atoms with Gasteiger partial charge in [0.1, 0.15) is 12.4 Å². The second-order valence-corrected chi connectivity index (χ2v) is 3.68. The van der Waals surface area contributed by atoms with E-state index in [2.05, 4.69) is 30.0 Å². The molecule has 0 aliphatic heterocycles. The van der Waals surface area contributed by atoms with Crippen LogP contribution in [0.5, 0.6) is 0 Å². The maximum atomic E-state index is 11.3. The zero-order chi connectivity index (χ0) is 13.8. The molecule has 9 heteroatoms. The van der Waals surface area contributed by atoms with E-state index < -0.39 is 12.0 Å². The Morgan fingerprint density at radius 1 is 1.47 bits per heavy atom. The summed E-state index contributed by atoms with van der Waals surface area (Å²) in [7, 11) is 1.30. The first-order valence-electron chi connectivity index (χ1n) is 5.44. The van der Waals surface area contributed by atoms with Gasteiger partial charge in [0.25, 0.3) is 0 Å². The molecule has 0 aromatic carbocycles. The molecule has 2 aromatic rings. The SMILES string of the molecule is COC(=O)C(C)Nc1nc(N)nc(-n2ccnc2)n1. The van der Waals surface area contributed by atoms with Crippen LogP contribution in [0.1, 0.15) is 6.92 Å². The summed E-state index contributed by atoms with van der Waals surface area (Å²) in [5.74, 6) is 0.111. The Hall–Kier alpha value is -2.71. The number of methoxy groups -OCH3 is 1. The zero-order valence-electron chi connectivity index (χ0n) is 10.4. The van der Waals surface area contributed by atoms with E-state index in [0.29, 0.717) is 5.95 Å². The summed E-state index contributed by atoms with van der Waals surface area (Å²) < 4.78 is 6.17. The molecular formula is C10H13N7O2. The van der Waals surface area contributed by atoms with E-state index in [4.69, 9.17) is 5.73 Å². The van der Waals surface area contributed by atoms with Gasteiger partial charge >= 0.3 is 5.97 Å². The van der Waals surface area contributed by atoms with Gasteiger partial charge in [-0.15, -0.1) is 0 Å². The summed E-state index contributed by atoms with van der Waals surface area (Å²) in [6.07, 6.45) is 4.79. The quantitative estimate of drug-likeness (QED) is 0.715. The standard InChI is InChI=1S/C10H13N7O2/c1-6(7(18)19-2)13-9-14-8(11)15-10(16-9)17-4-3-12-5-17/h3-6H,1-2H3,(H3,11,13,14,15,16). The number of imidazole rings is 1. The third kappa shape index (κ3) is 2.94. The Labute approximate surface area is 108 Å². The minimum atomic E-state index is -0.595. The first-order valence-corrected chi connectivity index (χ1v) is 5.44. The Morgan fingerprint density at radius 2 is 2.26 bits per heavy atom. The van der Waals surface area contributed by atoms with Crippen LogP contribution < -0.4 is 11.1 Å². The number of hydrogen-bond donors (Lipinski definition) is 2. The number of nitrogens with one attached hydrogen (secondary N) is 1. The van der Waals surface area contributed by atoms with Gasteiger partial charge in [-0.2, -0.15) is 15.0 Å². The van der Waals surface area contributed by atoms with Crippen LogP contribution in [0.2, 0.25) is 0 Å². The smallest absolute Gasteiger partial charge is 0.328 e. The Balaban J connectivity index is 2.25. The molecule has 0 saturated heterocycles. The van der Waals surface area contributed by atoms with Gasteiger partial charge in [-0.1, -0.05) is 0 Å². The highest BCUT2D eigenvalue weighted by Crippen LogP contribution is 2.08. The summed E-state index contributed by atoms with van der Waals surface area (Å²) >= 11 is 0. The van der Waals surface area contributed by atoms with Crippen molar-refractivity contribution in [1.29, 1.82) is 0 Å². The molecule has 9 nitrogen and oxygen atoms in total. The van der Waals surface area contributed by atoms with E-state index >= 15 is 0 Å². The Bertz CT molecular complexity index is 569. The van der Waals surface area contributed by atoms with Crippen molar-refractivity contribution in [3.8, 4) is 5.95 Å². The fourth-order valence-corrected chi connectivity index (χ4v) is 1.37. The molecule has 0 fully saturated rings. The van der Waals surface area contributed by atoms with E-state index in [0.717, 1.165) is 0 Å². The van der Waals surface area contributed by atoms with E-state index in [1.807, 2.05) is 0 Å². The Morgan fingerprint density at radius 3 is 2.89 bits per heavy atom. The molecule has 0 bridgehead atoms. The van der Waals surface area contributed by atoms with E-state index in [1.165, 1.54) is 13.4 Å². The topological polar surface area (TPSA) is 121 Å². The second kappa shape index (κ2) is 5.29. The number of aromatic nitrogens is 5. The number of nitrogen functional groups attached to an aromatic ring is 1. The van der Waals surface area contributed by atoms with E-state index in [-0.39, 0.29) is 11.9 Å². The van der Waals surface area contributed by atoms with Gasteiger partial charge in [-0.05, 0) is 6.92 Å². The normalized spacial score (nSPS) is 11.9. The molecule has 2 aromatic heterocycles. The van der Waals surface area contributed by atoms with Gasteiger partial charge in [0, 0.05) is 12.4 Å². The largest absolute Gasteiger partial charge is 0.467 e. The van der Waals surface area contributed by atoms with Crippen molar-refractivity contribution >= 4 is 17.9 Å². The van der Waals surface area contributed by atoms with Crippen molar-refractivity contribution < 1.29 is 9.53 Å².